The smallest absolute Gasteiger partial charge is 0.238 e. The number of carbonyl (C=O) groups is 2. The number of hydrogen-bond donors (Lipinski definition) is 2. The van der Waals surface area contributed by atoms with E-state index < -0.39 is 11.4 Å². The Morgan fingerprint density at radius 2 is 1.78 bits per heavy atom. The molecule has 2 aromatic carbocycles. The molecule has 2 aromatic rings. The molecule has 1 atom stereocenters. The molecule has 3 N–H and O–H groups in total. The molecule has 4 nitrogen and oxygen atoms in total. The van der Waals surface area contributed by atoms with Gasteiger partial charge in [-0.2, -0.15) is 0 Å². The molecule has 1 aliphatic rings. The zero-order valence-corrected chi connectivity index (χ0v) is 12.5. The average molecular weight is 312 g/mol. The van der Waals surface area contributed by atoms with Gasteiger partial charge in [-0.1, -0.05) is 36.4 Å². The lowest BCUT2D eigenvalue weighted by atomic mass is 9.80. The first-order valence-corrected chi connectivity index (χ1v) is 7.45. The first kappa shape index (κ1) is 15.4. The van der Waals surface area contributed by atoms with Crippen LogP contribution in [0.5, 0.6) is 0 Å². The van der Waals surface area contributed by atoms with Crippen LogP contribution in [-0.4, -0.2) is 23.8 Å². The fourth-order valence-corrected chi connectivity index (χ4v) is 2.85. The Morgan fingerprint density at radius 3 is 2.35 bits per heavy atom. The number of ketones is 1. The maximum absolute atomic E-state index is 13.1. The minimum Gasteiger partial charge on any atom is -0.368 e. The number of nitrogens with one attached hydrogen (secondary N) is 1. The Labute approximate surface area is 133 Å². The lowest BCUT2D eigenvalue weighted by Crippen LogP contribution is -2.65. The second kappa shape index (κ2) is 5.93. The van der Waals surface area contributed by atoms with Crippen molar-refractivity contribution in [1.29, 1.82) is 0 Å². The predicted octanol–water partition coefficient (Wildman–Crippen LogP) is 2.28. The van der Waals surface area contributed by atoms with Crippen LogP contribution in [0.4, 0.5) is 4.39 Å². The van der Waals surface area contributed by atoms with Crippen LogP contribution in [0.2, 0.25) is 0 Å². The van der Waals surface area contributed by atoms with E-state index in [4.69, 9.17) is 5.73 Å². The third-order valence-electron chi connectivity index (χ3n) is 4.33. The zero-order chi connectivity index (χ0) is 16.4. The fraction of sp³-hybridized carbons (Fsp3) is 0.222. The Morgan fingerprint density at radius 1 is 1.13 bits per heavy atom. The van der Waals surface area contributed by atoms with Gasteiger partial charge >= 0.3 is 0 Å². The summed E-state index contributed by atoms with van der Waals surface area (Å²) in [5.74, 6) is -0.990. The monoisotopic (exact) mass is 312 g/mol. The predicted molar refractivity (Wildman–Crippen MR) is 85.3 cm³/mol. The van der Waals surface area contributed by atoms with E-state index in [2.05, 4.69) is 5.32 Å². The second-order valence-electron chi connectivity index (χ2n) is 5.78. The summed E-state index contributed by atoms with van der Waals surface area (Å²) in [6, 6.07) is 13.1. The highest BCUT2D eigenvalue weighted by Gasteiger charge is 2.44. The highest BCUT2D eigenvalue weighted by atomic mass is 19.1. The summed E-state index contributed by atoms with van der Waals surface area (Å²) >= 11 is 0. The van der Waals surface area contributed by atoms with Crippen molar-refractivity contribution in [2.45, 2.75) is 18.4 Å². The van der Waals surface area contributed by atoms with E-state index in [1.165, 1.54) is 12.1 Å². The Balaban J connectivity index is 1.92. The van der Waals surface area contributed by atoms with Crippen LogP contribution in [0, 0.1) is 5.82 Å². The average Bonchev–Trinajstić information content (AvgIpc) is 2.51. The Hall–Kier alpha value is -2.53. The van der Waals surface area contributed by atoms with Gasteiger partial charge in [0, 0.05) is 12.0 Å². The summed E-state index contributed by atoms with van der Waals surface area (Å²) in [7, 11) is 0. The molecule has 1 heterocycles. The molecule has 3 rings (SSSR count). The largest absolute Gasteiger partial charge is 0.368 e. The molecule has 0 radical (unpaired) electrons. The van der Waals surface area contributed by atoms with Gasteiger partial charge in [0.25, 0.3) is 0 Å². The summed E-state index contributed by atoms with van der Waals surface area (Å²) in [5.41, 5.74) is 6.47. The van der Waals surface area contributed by atoms with Gasteiger partial charge in [-0.05, 0) is 36.2 Å². The summed E-state index contributed by atoms with van der Waals surface area (Å²) in [5, 5.41) is 2.98. The molecule has 1 saturated heterocycles. The van der Waals surface area contributed by atoms with E-state index in [9.17, 15) is 14.0 Å². The number of Topliss-reactive ketones (excluding diaryl/α,β-unsaturated/α-hetero) is 1. The van der Waals surface area contributed by atoms with E-state index in [1.54, 1.807) is 24.3 Å². The van der Waals surface area contributed by atoms with E-state index in [0.29, 0.717) is 18.5 Å². The highest BCUT2D eigenvalue weighted by molar-refractivity contribution is 6.05. The van der Waals surface area contributed by atoms with Crippen molar-refractivity contribution in [3.05, 3.63) is 59.9 Å². The quantitative estimate of drug-likeness (QED) is 0.832. The van der Waals surface area contributed by atoms with Crippen molar-refractivity contribution < 1.29 is 14.0 Å². The third kappa shape index (κ3) is 2.87. The SMILES string of the molecule is NC(=O)C1(CC(=O)c2ccccc2-c2ccc(F)cc2)CCN1. The molecule has 1 aliphatic heterocycles. The Kier molecular flexibility index (Phi) is 3.96. The zero-order valence-electron chi connectivity index (χ0n) is 12.5. The fourth-order valence-electron chi connectivity index (χ4n) is 2.85. The van der Waals surface area contributed by atoms with Crippen molar-refractivity contribution >= 4 is 11.7 Å². The van der Waals surface area contributed by atoms with Gasteiger partial charge in [-0.15, -0.1) is 0 Å². The number of amides is 1. The second-order valence-corrected chi connectivity index (χ2v) is 5.78. The van der Waals surface area contributed by atoms with Gasteiger partial charge in [-0.25, -0.2) is 4.39 Å². The van der Waals surface area contributed by atoms with E-state index in [0.717, 1.165) is 11.1 Å². The van der Waals surface area contributed by atoms with Crippen molar-refractivity contribution in [2.24, 2.45) is 5.73 Å². The number of nitrogens with two attached hydrogens (primary N) is 1. The minimum absolute atomic E-state index is 0.0283. The molecule has 0 aromatic heterocycles. The molecular formula is C18H17FN2O2. The van der Waals surface area contributed by atoms with Crippen LogP contribution >= 0.6 is 0 Å². The number of carbonyl (C=O) groups excluding carboxylic acids is 2. The number of benzene rings is 2. The minimum atomic E-state index is -0.938. The normalized spacial score (nSPS) is 19.9. The summed E-state index contributed by atoms with van der Waals surface area (Å²) in [6.45, 7) is 0.676. The first-order valence-electron chi connectivity index (χ1n) is 7.45. The van der Waals surface area contributed by atoms with E-state index >= 15 is 0 Å². The summed E-state index contributed by atoms with van der Waals surface area (Å²) < 4.78 is 13.1. The molecular weight excluding hydrogens is 295 g/mol. The number of halogens is 1. The number of hydrogen-bond acceptors (Lipinski definition) is 3. The van der Waals surface area contributed by atoms with Crippen molar-refractivity contribution in [3.8, 4) is 11.1 Å². The molecule has 5 heteroatoms. The van der Waals surface area contributed by atoms with Crippen LogP contribution < -0.4 is 11.1 Å². The third-order valence-corrected chi connectivity index (χ3v) is 4.33. The van der Waals surface area contributed by atoms with Gasteiger partial charge in [0.15, 0.2) is 5.78 Å². The van der Waals surface area contributed by atoms with Gasteiger partial charge in [0.2, 0.25) is 5.91 Å². The van der Waals surface area contributed by atoms with E-state index in [1.807, 2.05) is 12.1 Å². The molecule has 23 heavy (non-hydrogen) atoms. The van der Waals surface area contributed by atoms with Crippen molar-refractivity contribution in [3.63, 3.8) is 0 Å². The maximum atomic E-state index is 13.1. The van der Waals surface area contributed by atoms with Crippen LogP contribution in [0.3, 0.4) is 0 Å². The maximum Gasteiger partial charge on any atom is 0.238 e. The van der Waals surface area contributed by atoms with Crippen molar-refractivity contribution in [1.82, 2.24) is 5.32 Å². The standard InChI is InChI=1S/C18H17FN2O2/c19-13-7-5-12(6-8-13)14-3-1-2-4-15(14)16(22)11-18(17(20)23)9-10-21-18/h1-8,21H,9-11H2,(H2,20,23). The summed E-state index contributed by atoms with van der Waals surface area (Å²) in [6.07, 6.45) is 0.591. The molecule has 0 spiro atoms. The van der Waals surface area contributed by atoms with Gasteiger partial charge < -0.3 is 11.1 Å². The van der Waals surface area contributed by atoms with Crippen LogP contribution in [-0.2, 0) is 4.79 Å². The molecule has 0 bridgehead atoms. The van der Waals surface area contributed by atoms with E-state index in [-0.39, 0.29) is 18.0 Å². The van der Waals surface area contributed by atoms with Crippen LogP contribution in [0.1, 0.15) is 23.2 Å². The van der Waals surface area contributed by atoms with Crippen LogP contribution in [0.15, 0.2) is 48.5 Å². The lowest BCUT2D eigenvalue weighted by Gasteiger charge is -2.39. The van der Waals surface area contributed by atoms with Crippen molar-refractivity contribution in [2.75, 3.05) is 6.54 Å². The first-order chi connectivity index (χ1) is 11.0. The number of rotatable bonds is 5. The topological polar surface area (TPSA) is 72.2 Å². The highest BCUT2D eigenvalue weighted by Crippen LogP contribution is 2.29. The number of primary amides is 1. The molecule has 1 amide bonds. The molecule has 1 fully saturated rings. The lowest BCUT2D eigenvalue weighted by molar-refractivity contribution is -0.127. The van der Waals surface area contributed by atoms with Gasteiger partial charge in [0.1, 0.15) is 11.4 Å². The van der Waals surface area contributed by atoms with Gasteiger partial charge in [0.05, 0.1) is 0 Å². The van der Waals surface area contributed by atoms with Gasteiger partial charge in [-0.3, -0.25) is 9.59 Å². The molecule has 0 saturated carbocycles. The summed E-state index contributed by atoms with van der Waals surface area (Å²) in [4.78, 5) is 24.3. The van der Waals surface area contributed by atoms with Crippen LogP contribution in [0.25, 0.3) is 11.1 Å². The molecule has 0 aliphatic carbocycles. The molecule has 118 valence electrons. The molecule has 1 unspecified atom stereocenters. The Bertz CT molecular complexity index is 752.